The first-order valence-corrected chi connectivity index (χ1v) is 7.57. The molecular formula is C15H30N2O2. The zero-order valence-electron chi connectivity index (χ0n) is 13.0. The summed E-state index contributed by atoms with van der Waals surface area (Å²) in [7, 11) is 1.77. The SMILES string of the molecule is CCCC(N)C(=O)NC1C(C)C(OC)C1(CC)CC. The van der Waals surface area contributed by atoms with Crippen LogP contribution in [0, 0.1) is 11.3 Å². The van der Waals surface area contributed by atoms with Crippen LogP contribution in [0.1, 0.15) is 53.4 Å². The van der Waals surface area contributed by atoms with Crippen molar-refractivity contribution in [3.8, 4) is 0 Å². The maximum Gasteiger partial charge on any atom is 0.237 e. The quantitative estimate of drug-likeness (QED) is 0.744. The van der Waals surface area contributed by atoms with Crippen LogP contribution in [0.2, 0.25) is 0 Å². The number of rotatable bonds is 7. The Bertz CT molecular complexity index is 303. The fourth-order valence-electron chi connectivity index (χ4n) is 3.80. The molecule has 0 aromatic heterocycles. The normalized spacial score (nSPS) is 30.5. The predicted octanol–water partition coefficient (Wildman–Crippen LogP) is 2.07. The van der Waals surface area contributed by atoms with Gasteiger partial charge in [0.25, 0.3) is 0 Å². The van der Waals surface area contributed by atoms with Gasteiger partial charge in [0.2, 0.25) is 5.91 Å². The lowest BCUT2D eigenvalue weighted by Gasteiger charge is -2.59. The van der Waals surface area contributed by atoms with Crippen molar-refractivity contribution in [2.24, 2.45) is 17.1 Å². The third-order valence-electron chi connectivity index (χ3n) is 4.99. The smallest absolute Gasteiger partial charge is 0.237 e. The molecule has 0 radical (unpaired) electrons. The number of methoxy groups -OCH3 is 1. The maximum absolute atomic E-state index is 12.1. The van der Waals surface area contributed by atoms with Gasteiger partial charge in [-0.05, 0) is 19.3 Å². The Labute approximate surface area is 117 Å². The molecule has 0 heterocycles. The van der Waals surface area contributed by atoms with Crippen molar-refractivity contribution in [1.29, 1.82) is 0 Å². The van der Waals surface area contributed by atoms with Gasteiger partial charge in [-0.3, -0.25) is 4.79 Å². The van der Waals surface area contributed by atoms with Gasteiger partial charge in [0.15, 0.2) is 0 Å². The van der Waals surface area contributed by atoms with E-state index in [-0.39, 0.29) is 29.5 Å². The topological polar surface area (TPSA) is 64.4 Å². The molecule has 4 heteroatoms. The summed E-state index contributed by atoms with van der Waals surface area (Å²) in [5.74, 6) is 0.335. The highest BCUT2D eigenvalue weighted by Crippen LogP contribution is 2.52. The third kappa shape index (κ3) is 2.79. The molecule has 0 spiro atoms. The fourth-order valence-corrected chi connectivity index (χ4v) is 3.80. The van der Waals surface area contributed by atoms with Crippen LogP contribution in [0.25, 0.3) is 0 Å². The molecule has 1 rings (SSSR count). The van der Waals surface area contributed by atoms with Crippen molar-refractivity contribution < 1.29 is 9.53 Å². The molecule has 112 valence electrons. The lowest BCUT2D eigenvalue weighted by Crippen LogP contribution is -2.70. The number of ether oxygens (including phenoxy) is 1. The summed E-state index contributed by atoms with van der Waals surface area (Å²) < 4.78 is 5.63. The average molecular weight is 270 g/mol. The van der Waals surface area contributed by atoms with Crippen molar-refractivity contribution in [1.82, 2.24) is 5.32 Å². The van der Waals surface area contributed by atoms with Gasteiger partial charge in [0, 0.05) is 24.5 Å². The molecule has 4 nitrogen and oxygen atoms in total. The number of hydrogen-bond donors (Lipinski definition) is 2. The van der Waals surface area contributed by atoms with Gasteiger partial charge >= 0.3 is 0 Å². The lowest BCUT2D eigenvalue weighted by molar-refractivity contribution is -0.172. The van der Waals surface area contributed by atoms with Crippen LogP contribution in [0.5, 0.6) is 0 Å². The van der Waals surface area contributed by atoms with Crippen LogP contribution in [-0.2, 0) is 9.53 Å². The van der Waals surface area contributed by atoms with E-state index in [1.807, 2.05) is 6.92 Å². The van der Waals surface area contributed by atoms with E-state index in [4.69, 9.17) is 10.5 Å². The second kappa shape index (κ2) is 6.71. The van der Waals surface area contributed by atoms with Crippen LogP contribution < -0.4 is 11.1 Å². The summed E-state index contributed by atoms with van der Waals surface area (Å²) in [6, 6.07) is -0.201. The second-order valence-electron chi connectivity index (χ2n) is 5.84. The van der Waals surface area contributed by atoms with Gasteiger partial charge in [-0.15, -0.1) is 0 Å². The number of carbonyl (C=O) groups is 1. The third-order valence-corrected chi connectivity index (χ3v) is 4.99. The number of nitrogens with one attached hydrogen (secondary N) is 1. The van der Waals surface area contributed by atoms with Crippen molar-refractivity contribution >= 4 is 5.91 Å². The zero-order chi connectivity index (χ0) is 14.6. The molecule has 0 bridgehead atoms. The first kappa shape index (κ1) is 16.4. The summed E-state index contributed by atoms with van der Waals surface area (Å²) in [4.78, 5) is 12.1. The Kier molecular flexibility index (Phi) is 5.81. The van der Waals surface area contributed by atoms with E-state index in [9.17, 15) is 4.79 Å². The standard InChI is InChI=1S/C15H30N2O2/c1-6-9-11(16)14(18)17-12-10(4)13(19-5)15(12,7-2)8-3/h10-13H,6-9,16H2,1-5H3,(H,17,18). The molecule has 0 aliphatic heterocycles. The van der Waals surface area contributed by atoms with Crippen molar-refractivity contribution in [3.05, 3.63) is 0 Å². The molecule has 4 atom stereocenters. The van der Waals surface area contributed by atoms with Crippen molar-refractivity contribution in [2.75, 3.05) is 7.11 Å². The predicted molar refractivity (Wildman–Crippen MR) is 77.8 cm³/mol. The van der Waals surface area contributed by atoms with Crippen LogP contribution >= 0.6 is 0 Å². The average Bonchev–Trinajstić information content (AvgIpc) is 2.41. The summed E-state index contributed by atoms with van der Waals surface area (Å²) >= 11 is 0. The second-order valence-corrected chi connectivity index (χ2v) is 5.84. The number of nitrogens with two attached hydrogens (primary N) is 1. The summed E-state index contributed by atoms with van der Waals surface area (Å²) in [6.07, 6.45) is 3.93. The molecule has 3 N–H and O–H groups in total. The minimum atomic E-state index is -0.384. The van der Waals surface area contributed by atoms with Crippen LogP contribution in [0.4, 0.5) is 0 Å². The monoisotopic (exact) mass is 270 g/mol. The van der Waals surface area contributed by atoms with Crippen LogP contribution in [-0.4, -0.2) is 31.2 Å². The Balaban J connectivity index is 2.74. The Morgan fingerprint density at radius 3 is 2.37 bits per heavy atom. The van der Waals surface area contributed by atoms with E-state index in [0.29, 0.717) is 5.92 Å². The molecule has 1 saturated carbocycles. The lowest BCUT2D eigenvalue weighted by atomic mass is 9.53. The summed E-state index contributed by atoms with van der Waals surface area (Å²) in [5, 5.41) is 3.16. The molecule has 0 aromatic rings. The van der Waals surface area contributed by atoms with Gasteiger partial charge < -0.3 is 15.8 Å². The highest BCUT2D eigenvalue weighted by atomic mass is 16.5. The molecule has 4 unspecified atom stereocenters. The Hall–Kier alpha value is -0.610. The van der Waals surface area contributed by atoms with Crippen molar-refractivity contribution in [3.63, 3.8) is 0 Å². The summed E-state index contributed by atoms with van der Waals surface area (Å²) in [5.41, 5.74) is 5.96. The van der Waals surface area contributed by atoms with Crippen LogP contribution in [0.15, 0.2) is 0 Å². The van der Waals surface area contributed by atoms with Gasteiger partial charge in [-0.25, -0.2) is 0 Å². The number of carbonyl (C=O) groups excluding carboxylic acids is 1. The van der Waals surface area contributed by atoms with Crippen LogP contribution in [0.3, 0.4) is 0 Å². The molecule has 1 fully saturated rings. The Morgan fingerprint density at radius 1 is 1.37 bits per heavy atom. The van der Waals surface area contributed by atoms with Gasteiger partial charge in [0.1, 0.15) is 0 Å². The molecule has 19 heavy (non-hydrogen) atoms. The van der Waals surface area contributed by atoms with E-state index >= 15 is 0 Å². The molecule has 1 aliphatic carbocycles. The molecule has 0 aromatic carbocycles. The maximum atomic E-state index is 12.1. The van der Waals surface area contributed by atoms with Gasteiger partial charge in [-0.2, -0.15) is 0 Å². The van der Waals surface area contributed by atoms with E-state index in [0.717, 1.165) is 25.7 Å². The summed E-state index contributed by atoms with van der Waals surface area (Å²) in [6.45, 7) is 8.54. The highest BCUT2D eigenvalue weighted by molar-refractivity contribution is 5.82. The minimum Gasteiger partial charge on any atom is -0.380 e. The largest absolute Gasteiger partial charge is 0.380 e. The molecule has 1 aliphatic rings. The highest BCUT2D eigenvalue weighted by Gasteiger charge is 2.58. The number of amides is 1. The zero-order valence-corrected chi connectivity index (χ0v) is 13.0. The fraction of sp³-hybridized carbons (Fsp3) is 0.933. The molecule has 0 saturated heterocycles. The van der Waals surface area contributed by atoms with Gasteiger partial charge in [0.05, 0.1) is 12.1 Å². The first-order valence-electron chi connectivity index (χ1n) is 7.57. The van der Waals surface area contributed by atoms with Gasteiger partial charge in [-0.1, -0.05) is 34.1 Å². The first-order chi connectivity index (χ1) is 8.98. The Morgan fingerprint density at radius 2 is 1.95 bits per heavy atom. The molecule has 1 amide bonds. The van der Waals surface area contributed by atoms with E-state index in [1.54, 1.807) is 7.11 Å². The molecular weight excluding hydrogens is 240 g/mol. The van der Waals surface area contributed by atoms with E-state index < -0.39 is 0 Å². The van der Waals surface area contributed by atoms with E-state index in [1.165, 1.54) is 0 Å². The van der Waals surface area contributed by atoms with Crippen molar-refractivity contribution in [2.45, 2.75) is 71.6 Å². The minimum absolute atomic E-state index is 0.0143. The number of hydrogen-bond acceptors (Lipinski definition) is 3. The van der Waals surface area contributed by atoms with E-state index in [2.05, 4.69) is 26.1 Å².